The zero-order valence-electron chi connectivity index (χ0n) is 12.4. The van der Waals surface area contributed by atoms with E-state index in [2.05, 4.69) is 51.7 Å². The molecule has 110 valence electrons. The van der Waals surface area contributed by atoms with Crippen LogP contribution >= 0.6 is 0 Å². The van der Waals surface area contributed by atoms with Crippen LogP contribution in [0.5, 0.6) is 0 Å². The molecule has 0 radical (unpaired) electrons. The number of hydrogen-bond acceptors (Lipinski definition) is 2. The van der Waals surface area contributed by atoms with Crippen molar-refractivity contribution in [2.45, 2.75) is 6.42 Å². The Labute approximate surface area is 128 Å². The highest BCUT2D eigenvalue weighted by molar-refractivity contribution is 6.00. The second-order valence-electron chi connectivity index (χ2n) is 5.65. The van der Waals surface area contributed by atoms with Gasteiger partial charge in [0.15, 0.2) is 0 Å². The quantitative estimate of drug-likeness (QED) is 0.719. The van der Waals surface area contributed by atoms with Crippen LogP contribution in [0.25, 0.3) is 22.0 Å². The first-order chi connectivity index (χ1) is 10.7. The topological polar surface area (TPSA) is 46.1 Å². The molecule has 0 spiro atoms. The molecule has 4 nitrogen and oxygen atoms in total. The number of aryl methyl sites for hydroxylation is 1. The third-order valence-corrected chi connectivity index (χ3v) is 4.19. The standard InChI is InChI=1S/C18H17N3O/c1-21-10-8-13-11-12(5-6-16(13)21)14-3-2-4-15-18(14)19-9-7-17(22)20-15/h2-6,8,10-11,19H,7,9H2,1H3,(H,20,22). The van der Waals surface area contributed by atoms with Crippen molar-refractivity contribution in [3.8, 4) is 11.1 Å². The fourth-order valence-corrected chi connectivity index (χ4v) is 3.05. The predicted molar refractivity (Wildman–Crippen MR) is 90.1 cm³/mol. The molecule has 3 aromatic rings. The minimum absolute atomic E-state index is 0.0573. The summed E-state index contributed by atoms with van der Waals surface area (Å²) in [7, 11) is 2.05. The Hall–Kier alpha value is -2.75. The number of nitrogens with one attached hydrogen (secondary N) is 2. The SMILES string of the molecule is Cn1ccc2cc(-c3cccc4c3NCCC(=O)N4)ccc21. The molecule has 0 atom stereocenters. The van der Waals surface area contributed by atoms with E-state index in [9.17, 15) is 4.79 Å². The van der Waals surface area contributed by atoms with E-state index < -0.39 is 0 Å². The summed E-state index contributed by atoms with van der Waals surface area (Å²) in [5, 5.41) is 7.57. The van der Waals surface area contributed by atoms with E-state index in [1.54, 1.807) is 0 Å². The molecule has 0 saturated carbocycles. The number of aromatic nitrogens is 1. The van der Waals surface area contributed by atoms with Crippen molar-refractivity contribution in [2.24, 2.45) is 7.05 Å². The van der Waals surface area contributed by atoms with Crippen LogP contribution in [0.1, 0.15) is 6.42 Å². The summed E-state index contributed by atoms with van der Waals surface area (Å²) in [6, 6.07) is 14.6. The fourth-order valence-electron chi connectivity index (χ4n) is 3.05. The number of carbonyl (C=O) groups excluding carboxylic acids is 1. The largest absolute Gasteiger partial charge is 0.382 e. The van der Waals surface area contributed by atoms with Crippen LogP contribution in [0.3, 0.4) is 0 Å². The Kier molecular flexibility index (Phi) is 2.89. The summed E-state index contributed by atoms with van der Waals surface area (Å²) < 4.78 is 2.11. The maximum Gasteiger partial charge on any atom is 0.226 e. The lowest BCUT2D eigenvalue weighted by Gasteiger charge is -2.14. The van der Waals surface area contributed by atoms with E-state index in [1.165, 1.54) is 10.9 Å². The van der Waals surface area contributed by atoms with Gasteiger partial charge in [-0.1, -0.05) is 18.2 Å². The van der Waals surface area contributed by atoms with Gasteiger partial charge in [0, 0.05) is 42.7 Å². The second kappa shape index (κ2) is 4.91. The van der Waals surface area contributed by atoms with E-state index in [4.69, 9.17) is 0 Å². The number of fused-ring (bicyclic) bond motifs is 2. The van der Waals surface area contributed by atoms with Crippen molar-refractivity contribution in [2.75, 3.05) is 17.2 Å². The molecule has 1 aliphatic heterocycles. The van der Waals surface area contributed by atoms with Crippen molar-refractivity contribution in [3.63, 3.8) is 0 Å². The first-order valence-corrected chi connectivity index (χ1v) is 7.44. The molecule has 22 heavy (non-hydrogen) atoms. The van der Waals surface area contributed by atoms with Crippen LogP contribution in [0.15, 0.2) is 48.7 Å². The third-order valence-electron chi connectivity index (χ3n) is 4.19. The van der Waals surface area contributed by atoms with Crippen molar-refractivity contribution in [1.82, 2.24) is 4.57 Å². The predicted octanol–water partition coefficient (Wildman–Crippen LogP) is 3.60. The Balaban J connectivity index is 1.87. The van der Waals surface area contributed by atoms with Gasteiger partial charge in [-0.2, -0.15) is 0 Å². The monoisotopic (exact) mass is 291 g/mol. The summed E-state index contributed by atoms with van der Waals surface area (Å²) in [6.07, 6.45) is 2.56. The summed E-state index contributed by atoms with van der Waals surface area (Å²) in [4.78, 5) is 11.7. The van der Waals surface area contributed by atoms with Crippen molar-refractivity contribution in [3.05, 3.63) is 48.7 Å². The summed E-state index contributed by atoms with van der Waals surface area (Å²) in [5.74, 6) is 0.0573. The van der Waals surface area contributed by atoms with Gasteiger partial charge in [0.2, 0.25) is 5.91 Å². The molecule has 1 aromatic heterocycles. The number of hydrogen-bond donors (Lipinski definition) is 2. The van der Waals surface area contributed by atoms with E-state index in [0.717, 1.165) is 22.5 Å². The van der Waals surface area contributed by atoms with Gasteiger partial charge in [-0.25, -0.2) is 0 Å². The van der Waals surface area contributed by atoms with Gasteiger partial charge in [0.1, 0.15) is 0 Å². The highest BCUT2D eigenvalue weighted by atomic mass is 16.1. The number of benzene rings is 2. The van der Waals surface area contributed by atoms with Gasteiger partial charge in [0.05, 0.1) is 11.4 Å². The molecule has 0 unspecified atom stereocenters. The molecule has 0 fully saturated rings. The molecule has 0 aliphatic carbocycles. The van der Waals surface area contributed by atoms with Gasteiger partial charge in [-0.05, 0) is 29.8 Å². The van der Waals surface area contributed by atoms with Crippen LogP contribution in [-0.4, -0.2) is 17.0 Å². The van der Waals surface area contributed by atoms with Gasteiger partial charge >= 0.3 is 0 Å². The van der Waals surface area contributed by atoms with E-state index in [0.29, 0.717) is 13.0 Å². The van der Waals surface area contributed by atoms with Gasteiger partial charge in [0.25, 0.3) is 0 Å². The maximum absolute atomic E-state index is 11.7. The molecule has 2 aromatic carbocycles. The van der Waals surface area contributed by atoms with Crippen molar-refractivity contribution >= 4 is 28.2 Å². The minimum atomic E-state index is 0.0573. The van der Waals surface area contributed by atoms with Gasteiger partial charge < -0.3 is 15.2 Å². The Bertz CT molecular complexity index is 879. The lowest BCUT2D eigenvalue weighted by Crippen LogP contribution is -2.10. The summed E-state index contributed by atoms with van der Waals surface area (Å²) >= 11 is 0. The van der Waals surface area contributed by atoms with Crippen LogP contribution in [0, 0.1) is 0 Å². The molecule has 0 saturated heterocycles. The smallest absolute Gasteiger partial charge is 0.226 e. The maximum atomic E-state index is 11.7. The molecule has 2 heterocycles. The molecule has 1 amide bonds. The molecule has 4 rings (SSSR count). The van der Waals surface area contributed by atoms with E-state index in [-0.39, 0.29) is 5.91 Å². The lowest BCUT2D eigenvalue weighted by molar-refractivity contribution is -0.115. The molecule has 1 aliphatic rings. The highest BCUT2D eigenvalue weighted by Gasteiger charge is 2.16. The zero-order chi connectivity index (χ0) is 15.1. The van der Waals surface area contributed by atoms with Gasteiger partial charge in [-0.15, -0.1) is 0 Å². The number of anilines is 2. The molecule has 2 N–H and O–H groups in total. The average molecular weight is 291 g/mol. The Morgan fingerprint density at radius 2 is 2.05 bits per heavy atom. The molecule has 4 heteroatoms. The number of amides is 1. The number of rotatable bonds is 1. The van der Waals surface area contributed by atoms with Crippen molar-refractivity contribution < 1.29 is 4.79 Å². The van der Waals surface area contributed by atoms with E-state index >= 15 is 0 Å². The number of carbonyl (C=O) groups is 1. The molecular formula is C18H17N3O. The second-order valence-corrected chi connectivity index (χ2v) is 5.65. The van der Waals surface area contributed by atoms with Crippen molar-refractivity contribution in [1.29, 1.82) is 0 Å². The summed E-state index contributed by atoms with van der Waals surface area (Å²) in [6.45, 7) is 0.656. The highest BCUT2D eigenvalue weighted by Crippen LogP contribution is 2.36. The summed E-state index contributed by atoms with van der Waals surface area (Å²) in [5.41, 5.74) is 5.34. The van der Waals surface area contributed by atoms with Crippen LogP contribution in [0.2, 0.25) is 0 Å². The van der Waals surface area contributed by atoms with Crippen LogP contribution < -0.4 is 10.6 Å². The third kappa shape index (κ3) is 2.04. The fraction of sp³-hybridized carbons (Fsp3) is 0.167. The Morgan fingerprint density at radius 1 is 1.14 bits per heavy atom. The zero-order valence-corrected chi connectivity index (χ0v) is 12.4. The Morgan fingerprint density at radius 3 is 2.95 bits per heavy atom. The van der Waals surface area contributed by atoms with Crippen LogP contribution in [-0.2, 0) is 11.8 Å². The van der Waals surface area contributed by atoms with Crippen LogP contribution in [0.4, 0.5) is 11.4 Å². The average Bonchev–Trinajstić information content (AvgIpc) is 2.77. The molecule has 0 bridgehead atoms. The minimum Gasteiger partial charge on any atom is -0.382 e. The first kappa shape index (κ1) is 13.0. The van der Waals surface area contributed by atoms with E-state index in [1.807, 2.05) is 19.2 Å². The van der Waals surface area contributed by atoms with Gasteiger partial charge in [-0.3, -0.25) is 4.79 Å². The lowest BCUT2D eigenvalue weighted by atomic mass is 10.0. The number of nitrogens with zero attached hydrogens (tertiary/aromatic N) is 1. The number of para-hydroxylation sites is 1. The first-order valence-electron chi connectivity index (χ1n) is 7.44. The normalized spacial score (nSPS) is 14.1. The molecular weight excluding hydrogens is 274 g/mol.